The van der Waals surface area contributed by atoms with Crippen molar-refractivity contribution in [1.29, 1.82) is 0 Å². The molecule has 5 heteroatoms. The van der Waals surface area contributed by atoms with Gasteiger partial charge in [0.2, 0.25) is 0 Å². The van der Waals surface area contributed by atoms with Crippen molar-refractivity contribution in [3.63, 3.8) is 0 Å². The third kappa shape index (κ3) is 5.68. The summed E-state index contributed by atoms with van der Waals surface area (Å²) in [5.74, 6) is 1.53. The lowest BCUT2D eigenvalue weighted by Crippen LogP contribution is -2.50. The Bertz CT molecular complexity index is 180. The van der Waals surface area contributed by atoms with Crippen LogP contribution >= 0.6 is 23.5 Å². The second-order valence-electron chi connectivity index (χ2n) is 3.36. The molecule has 0 spiro atoms. The van der Waals surface area contributed by atoms with Crippen molar-refractivity contribution in [3.05, 3.63) is 0 Å². The zero-order chi connectivity index (χ0) is 11.7. The standard InChI is InChI=1S/C10H21NO2S2/c1-4-13-9(12)10(11,5-7-14-2)6-8-15-3/h4-8,11H2,1-3H3. The van der Waals surface area contributed by atoms with Crippen LogP contribution in [0.15, 0.2) is 0 Å². The summed E-state index contributed by atoms with van der Waals surface area (Å²) in [7, 11) is 0. The Balaban J connectivity index is 4.30. The van der Waals surface area contributed by atoms with E-state index in [4.69, 9.17) is 10.5 Å². The third-order valence-electron chi connectivity index (χ3n) is 2.19. The van der Waals surface area contributed by atoms with Gasteiger partial charge >= 0.3 is 5.97 Å². The van der Waals surface area contributed by atoms with Crippen LogP contribution in [0.5, 0.6) is 0 Å². The largest absolute Gasteiger partial charge is 0.465 e. The van der Waals surface area contributed by atoms with Crippen LogP contribution in [0.1, 0.15) is 19.8 Å². The molecule has 0 aliphatic heterocycles. The minimum Gasteiger partial charge on any atom is -0.465 e. The average molecular weight is 251 g/mol. The van der Waals surface area contributed by atoms with Gasteiger partial charge in [-0.2, -0.15) is 23.5 Å². The van der Waals surface area contributed by atoms with Crippen molar-refractivity contribution in [2.45, 2.75) is 25.3 Å². The molecule has 0 radical (unpaired) electrons. The second kappa shape index (κ2) is 8.30. The molecule has 2 N–H and O–H groups in total. The molecule has 0 atom stereocenters. The van der Waals surface area contributed by atoms with E-state index in [2.05, 4.69) is 0 Å². The van der Waals surface area contributed by atoms with Gasteiger partial charge in [0.15, 0.2) is 0 Å². The molecule has 0 saturated heterocycles. The van der Waals surface area contributed by atoms with Gasteiger partial charge < -0.3 is 10.5 Å². The predicted octanol–water partition coefficient (Wildman–Crippen LogP) is 1.75. The Morgan fingerprint density at radius 1 is 1.27 bits per heavy atom. The first-order chi connectivity index (χ1) is 7.10. The Kier molecular flexibility index (Phi) is 8.37. The van der Waals surface area contributed by atoms with Crippen molar-refractivity contribution in [1.82, 2.24) is 0 Å². The highest BCUT2D eigenvalue weighted by atomic mass is 32.2. The first-order valence-corrected chi connectivity index (χ1v) is 7.83. The lowest BCUT2D eigenvalue weighted by Gasteiger charge is -2.26. The number of carbonyl (C=O) groups is 1. The average Bonchev–Trinajstić information content (AvgIpc) is 2.24. The van der Waals surface area contributed by atoms with Crippen LogP contribution in [0.3, 0.4) is 0 Å². The van der Waals surface area contributed by atoms with Gasteiger partial charge in [-0.3, -0.25) is 4.79 Å². The van der Waals surface area contributed by atoms with Gasteiger partial charge in [0, 0.05) is 0 Å². The summed E-state index contributed by atoms with van der Waals surface area (Å²) in [6.07, 6.45) is 5.40. The van der Waals surface area contributed by atoms with Gasteiger partial charge in [-0.15, -0.1) is 0 Å². The number of rotatable bonds is 8. The van der Waals surface area contributed by atoms with E-state index >= 15 is 0 Å². The summed E-state index contributed by atoms with van der Waals surface area (Å²) in [5.41, 5.74) is 5.31. The van der Waals surface area contributed by atoms with Gasteiger partial charge in [0.25, 0.3) is 0 Å². The van der Waals surface area contributed by atoms with Crippen LogP contribution in [0.25, 0.3) is 0 Å². The molecule has 0 aliphatic rings. The number of hydrogen-bond donors (Lipinski definition) is 1. The first kappa shape index (κ1) is 15.1. The summed E-state index contributed by atoms with van der Waals surface area (Å²) < 4.78 is 5.02. The fraction of sp³-hybridized carbons (Fsp3) is 0.900. The van der Waals surface area contributed by atoms with E-state index in [0.717, 1.165) is 11.5 Å². The van der Waals surface area contributed by atoms with Crippen LogP contribution in [-0.2, 0) is 9.53 Å². The van der Waals surface area contributed by atoms with E-state index in [9.17, 15) is 4.79 Å². The maximum absolute atomic E-state index is 11.7. The number of nitrogens with two attached hydrogens (primary N) is 1. The van der Waals surface area contributed by atoms with E-state index in [1.807, 2.05) is 19.4 Å². The van der Waals surface area contributed by atoms with E-state index in [0.29, 0.717) is 19.4 Å². The summed E-state index contributed by atoms with van der Waals surface area (Å²) in [5, 5.41) is 0. The minimum absolute atomic E-state index is 0.256. The molecule has 0 aromatic rings. The Morgan fingerprint density at radius 2 is 1.73 bits per heavy atom. The third-order valence-corrected chi connectivity index (χ3v) is 3.41. The molecule has 0 heterocycles. The normalized spacial score (nSPS) is 11.5. The summed E-state index contributed by atoms with van der Waals surface area (Å²) in [4.78, 5) is 11.7. The van der Waals surface area contributed by atoms with Crippen LogP contribution < -0.4 is 5.73 Å². The van der Waals surface area contributed by atoms with Gasteiger partial charge in [0.05, 0.1) is 6.61 Å². The van der Waals surface area contributed by atoms with Crippen LogP contribution in [-0.4, -0.2) is 42.1 Å². The topological polar surface area (TPSA) is 52.3 Å². The van der Waals surface area contributed by atoms with Crippen LogP contribution in [0, 0.1) is 0 Å². The molecule has 0 aliphatic carbocycles. The summed E-state index contributed by atoms with van der Waals surface area (Å²) >= 11 is 3.41. The fourth-order valence-corrected chi connectivity index (χ4v) is 2.31. The zero-order valence-corrected chi connectivity index (χ0v) is 11.4. The molecule has 0 bridgehead atoms. The second-order valence-corrected chi connectivity index (χ2v) is 5.33. The fourth-order valence-electron chi connectivity index (χ4n) is 1.17. The molecule has 0 fully saturated rings. The molecule has 3 nitrogen and oxygen atoms in total. The van der Waals surface area contributed by atoms with Gasteiger partial charge in [-0.1, -0.05) is 0 Å². The molecule has 0 aromatic carbocycles. The number of ether oxygens (including phenoxy) is 1. The zero-order valence-electron chi connectivity index (χ0n) is 9.75. The molecular weight excluding hydrogens is 230 g/mol. The monoisotopic (exact) mass is 251 g/mol. The number of carbonyl (C=O) groups excluding carboxylic acids is 1. The van der Waals surface area contributed by atoms with E-state index in [1.54, 1.807) is 23.5 Å². The number of hydrogen-bond acceptors (Lipinski definition) is 5. The quantitative estimate of drug-likeness (QED) is 0.666. The highest BCUT2D eigenvalue weighted by Gasteiger charge is 2.34. The Labute approximate surface area is 101 Å². The van der Waals surface area contributed by atoms with Crippen molar-refractivity contribution >= 4 is 29.5 Å². The van der Waals surface area contributed by atoms with Gasteiger partial charge in [-0.05, 0) is 43.8 Å². The number of thioether (sulfide) groups is 2. The molecule has 0 rings (SSSR count). The lowest BCUT2D eigenvalue weighted by atomic mass is 9.94. The predicted molar refractivity (Wildman–Crippen MR) is 69.5 cm³/mol. The van der Waals surface area contributed by atoms with Crippen LogP contribution in [0.4, 0.5) is 0 Å². The number of esters is 1. The molecule has 0 amide bonds. The summed E-state index contributed by atoms with van der Waals surface area (Å²) in [6.45, 7) is 2.21. The molecule has 0 aromatic heterocycles. The van der Waals surface area contributed by atoms with Crippen molar-refractivity contribution in [2.24, 2.45) is 5.73 Å². The summed E-state index contributed by atoms with van der Waals surface area (Å²) in [6, 6.07) is 0. The van der Waals surface area contributed by atoms with Crippen molar-refractivity contribution in [2.75, 3.05) is 30.6 Å². The Morgan fingerprint density at radius 3 is 2.07 bits per heavy atom. The van der Waals surface area contributed by atoms with E-state index in [1.165, 1.54) is 0 Å². The van der Waals surface area contributed by atoms with Crippen molar-refractivity contribution in [3.8, 4) is 0 Å². The molecule has 90 valence electrons. The smallest absolute Gasteiger partial charge is 0.326 e. The highest BCUT2D eigenvalue weighted by molar-refractivity contribution is 7.98. The van der Waals surface area contributed by atoms with Crippen molar-refractivity contribution < 1.29 is 9.53 Å². The maximum Gasteiger partial charge on any atom is 0.326 e. The Hall–Kier alpha value is 0.130. The minimum atomic E-state index is -0.790. The van der Waals surface area contributed by atoms with Gasteiger partial charge in [-0.25, -0.2) is 0 Å². The molecule has 0 unspecified atom stereocenters. The maximum atomic E-state index is 11.7. The molecule has 15 heavy (non-hydrogen) atoms. The highest BCUT2D eigenvalue weighted by Crippen LogP contribution is 2.19. The molecule has 0 saturated carbocycles. The first-order valence-electron chi connectivity index (χ1n) is 5.04. The SMILES string of the molecule is CCOC(=O)C(N)(CCSC)CCSC. The lowest BCUT2D eigenvalue weighted by molar-refractivity contribution is -0.149. The van der Waals surface area contributed by atoms with E-state index < -0.39 is 5.54 Å². The van der Waals surface area contributed by atoms with Gasteiger partial charge in [0.1, 0.15) is 5.54 Å². The van der Waals surface area contributed by atoms with E-state index in [-0.39, 0.29) is 5.97 Å². The van der Waals surface area contributed by atoms with Crippen LogP contribution in [0.2, 0.25) is 0 Å². The molecular formula is C10H21NO2S2.